The van der Waals surface area contributed by atoms with Gasteiger partial charge in [0.1, 0.15) is 18.3 Å². The Hall–Kier alpha value is -3.07. The van der Waals surface area contributed by atoms with E-state index >= 15 is 0 Å². The van der Waals surface area contributed by atoms with Gasteiger partial charge in [0.15, 0.2) is 5.69 Å². The van der Waals surface area contributed by atoms with E-state index in [4.69, 9.17) is 4.74 Å². The molecular formula is C18H18N4O4S. The average Bonchev–Trinajstić information content (AvgIpc) is 3.29. The molecule has 0 aliphatic rings. The maximum atomic E-state index is 12.7. The molecule has 0 radical (unpaired) electrons. The van der Waals surface area contributed by atoms with Crippen molar-refractivity contribution in [2.45, 2.75) is 26.5 Å². The SMILES string of the molecule is COC(=O)Cn1cc([C@@H](C)OC(=O)c2nc(C)sc2-c2ccccc2)nn1. The minimum absolute atomic E-state index is 0.0619. The molecule has 0 aliphatic heterocycles. The Kier molecular flexibility index (Phi) is 5.60. The number of benzene rings is 1. The smallest absolute Gasteiger partial charge is 0.359 e. The quantitative estimate of drug-likeness (QED) is 0.601. The van der Waals surface area contributed by atoms with Gasteiger partial charge in [-0.2, -0.15) is 0 Å². The molecule has 3 rings (SSSR count). The molecule has 0 aliphatic carbocycles. The van der Waals surface area contributed by atoms with Crippen molar-refractivity contribution in [1.29, 1.82) is 0 Å². The number of carbonyl (C=O) groups is 2. The largest absolute Gasteiger partial charge is 0.468 e. The van der Waals surface area contributed by atoms with E-state index in [9.17, 15) is 9.59 Å². The highest BCUT2D eigenvalue weighted by molar-refractivity contribution is 7.15. The molecule has 8 nitrogen and oxygen atoms in total. The van der Waals surface area contributed by atoms with E-state index in [2.05, 4.69) is 20.0 Å². The third kappa shape index (κ3) is 4.37. The van der Waals surface area contributed by atoms with Crippen molar-refractivity contribution >= 4 is 23.3 Å². The van der Waals surface area contributed by atoms with Crippen LogP contribution in [0.3, 0.4) is 0 Å². The van der Waals surface area contributed by atoms with Gasteiger partial charge >= 0.3 is 11.9 Å². The predicted octanol–water partition coefficient (Wildman–Crippen LogP) is 2.80. The molecule has 1 atom stereocenters. The second-order valence-electron chi connectivity index (χ2n) is 5.74. The molecule has 0 N–H and O–H groups in total. The number of hydrogen-bond acceptors (Lipinski definition) is 8. The summed E-state index contributed by atoms with van der Waals surface area (Å²) in [4.78, 5) is 29.0. The first kappa shape index (κ1) is 18.7. The fourth-order valence-electron chi connectivity index (χ4n) is 2.40. The topological polar surface area (TPSA) is 96.2 Å². The standard InChI is InChI=1S/C18H18N4O4S/c1-11(14-9-22(21-20-14)10-15(23)25-3)26-18(24)16-17(27-12(2)19-16)13-7-5-4-6-8-13/h4-9,11H,10H2,1-3H3/t11-/m1/s1. The molecule has 0 amide bonds. The summed E-state index contributed by atoms with van der Waals surface area (Å²) in [6.45, 7) is 3.47. The first-order valence-corrected chi connectivity index (χ1v) is 9.00. The second kappa shape index (κ2) is 8.09. The van der Waals surface area contributed by atoms with Crippen molar-refractivity contribution < 1.29 is 19.1 Å². The van der Waals surface area contributed by atoms with Crippen molar-refractivity contribution in [3.8, 4) is 10.4 Å². The Morgan fingerprint density at radius 1 is 1.26 bits per heavy atom. The van der Waals surface area contributed by atoms with E-state index < -0.39 is 18.0 Å². The summed E-state index contributed by atoms with van der Waals surface area (Å²) in [6.07, 6.45) is 0.897. The molecule has 0 saturated heterocycles. The van der Waals surface area contributed by atoms with E-state index in [0.717, 1.165) is 15.4 Å². The predicted molar refractivity (Wildman–Crippen MR) is 98.2 cm³/mol. The summed E-state index contributed by atoms with van der Waals surface area (Å²) in [6, 6.07) is 9.57. The summed E-state index contributed by atoms with van der Waals surface area (Å²) in [5, 5.41) is 8.56. The van der Waals surface area contributed by atoms with Crippen LogP contribution >= 0.6 is 11.3 Å². The van der Waals surface area contributed by atoms with E-state index in [0.29, 0.717) is 5.69 Å². The minimum Gasteiger partial charge on any atom is -0.468 e. The molecule has 0 bridgehead atoms. The maximum absolute atomic E-state index is 12.7. The number of esters is 2. The average molecular weight is 386 g/mol. The van der Waals surface area contributed by atoms with Gasteiger partial charge in [0, 0.05) is 0 Å². The summed E-state index contributed by atoms with van der Waals surface area (Å²) in [5.74, 6) is -0.977. The summed E-state index contributed by atoms with van der Waals surface area (Å²) in [7, 11) is 1.30. The molecule has 1 aromatic carbocycles. The lowest BCUT2D eigenvalue weighted by atomic mass is 10.1. The van der Waals surface area contributed by atoms with Gasteiger partial charge in [-0.15, -0.1) is 16.4 Å². The maximum Gasteiger partial charge on any atom is 0.359 e. The molecule has 140 valence electrons. The fraction of sp³-hybridized carbons (Fsp3) is 0.278. The molecule has 27 heavy (non-hydrogen) atoms. The van der Waals surface area contributed by atoms with Crippen LogP contribution in [0.4, 0.5) is 0 Å². The van der Waals surface area contributed by atoms with Crippen LogP contribution in [-0.4, -0.2) is 39.0 Å². The van der Waals surface area contributed by atoms with Crippen molar-refractivity contribution in [2.24, 2.45) is 0 Å². The van der Waals surface area contributed by atoms with E-state index in [1.165, 1.54) is 23.1 Å². The van der Waals surface area contributed by atoms with Gasteiger partial charge in [0.05, 0.1) is 23.2 Å². The molecule has 2 aromatic heterocycles. The first-order chi connectivity index (χ1) is 13.0. The summed E-state index contributed by atoms with van der Waals surface area (Å²) >= 11 is 1.44. The third-order valence-electron chi connectivity index (χ3n) is 3.74. The van der Waals surface area contributed by atoms with Crippen LogP contribution < -0.4 is 0 Å². The van der Waals surface area contributed by atoms with Gasteiger partial charge in [0.25, 0.3) is 0 Å². The van der Waals surface area contributed by atoms with E-state index in [1.807, 2.05) is 37.3 Å². The van der Waals surface area contributed by atoms with Gasteiger partial charge in [-0.3, -0.25) is 4.79 Å². The monoisotopic (exact) mass is 386 g/mol. The van der Waals surface area contributed by atoms with Crippen LogP contribution in [0.2, 0.25) is 0 Å². The fourth-order valence-corrected chi connectivity index (χ4v) is 3.31. The number of aryl methyl sites for hydroxylation is 1. The van der Waals surface area contributed by atoms with Crippen LogP contribution in [0.15, 0.2) is 36.5 Å². The number of hydrogen-bond donors (Lipinski definition) is 0. The third-order valence-corrected chi connectivity index (χ3v) is 4.76. The van der Waals surface area contributed by atoms with Crippen LogP contribution in [-0.2, 0) is 20.8 Å². The molecule has 3 aromatic rings. The Labute approximate surface area is 159 Å². The van der Waals surface area contributed by atoms with Gasteiger partial charge in [-0.25, -0.2) is 14.5 Å². The second-order valence-corrected chi connectivity index (χ2v) is 6.94. The van der Waals surface area contributed by atoms with Crippen LogP contribution in [0.5, 0.6) is 0 Å². The number of ether oxygens (including phenoxy) is 2. The Balaban J connectivity index is 1.75. The number of carbonyl (C=O) groups excluding carboxylic acids is 2. The van der Waals surface area contributed by atoms with Crippen molar-refractivity contribution in [3.05, 3.63) is 52.9 Å². The Bertz CT molecular complexity index is 951. The summed E-state index contributed by atoms with van der Waals surface area (Å²) in [5.41, 5.74) is 1.62. The lowest BCUT2D eigenvalue weighted by Gasteiger charge is -2.10. The zero-order valence-corrected chi connectivity index (χ0v) is 15.9. The van der Waals surface area contributed by atoms with Crippen LogP contribution in [0.1, 0.15) is 34.2 Å². The molecular weight excluding hydrogens is 368 g/mol. The van der Waals surface area contributed by atoms with Crippen molar-refractivity contribution in [1.82, 2.24) is 20.0 Å². The molecule has 0 unspecified atom stereocenters. The highest BCUT2D eigenvalue weighted by Gasteiger charge is 2.23. The highest BCUT2D eigenvalue weighted by atomic mass is 32.1. The Morgan fingerprint density at radius 2 is 2.00 bits per heavy atom. The zero-order chi connectivity index (χ0) is 19.4. The Morgan fingerprint density at radius 3 is 2.70 bits per heavy atom. The normalized spacial score (nSPS) is 11.8. The highest BCUT2D eigenvalue weighted by Crippen LogP contribution is 2.31. The number of thiazole rings is 1. The number of nitrogens with zero attached hydrogens (tertiary/aromatic N) is 4. The zero-order valence-electron chi connectivity index (χ0n) is 15.1. The number of rotatable bonds is 6. The van der Waals surface area contributed by atoms with Crippen LogP contribution in [0.25, 0.3) is 10.4 Å². The molecule has 0 saturated carbocycles. The van der Waals surface area contributed by atoms with Gasteiger partial charge in [-0.1, -0.05) is 35.5 Å². The molecule has 0 spiro atoms. The number of aromatic nitrogens is 4. The van der Waals surface area contributed by atoms with Gasteiger partial charge in [-0.05, 0) is 19.4 Å². The van der Waals surface area contributed by atoms with Crippen LogP contribution in [0, 0.1) is 6.92 Å². The number of methoxy groups -OCH3 is 1. The first-order valence-electron chi connectivity index (χ1n) is 8.18. The van der Waals surface area contributed by atoms with Gasteiger partial charge < -0.3 is 9.47 Å². The minimum atomic E-state index is -0.644. The lowest BCUT2D eigenvalue weighted by Crippen LogP contribution is -2.12. The van der Waals surface area contributed by atoms with Crippen molar-refractivity contribution in [2.75, 3.05) is 7.11 Å². The molecule has 2 heterocycles. The van der Waals surface area contributed by atoms with Gasteiger partial charge in [0.2, 0.25) is 0 Å². The van der Waals surface area contributed by atoms with E-state index in [1.54, 1.807) is 13.1 Å². The van der Waals surface area contributed by atoms with E-state index in [-0.39, 0.29) is 12.2 Å². The molecule has 0 fully saturated rings. The molecule has 9 heteroatoms. The summed E-state index contributed by atoms with van der Waals surface area (Å²) < 4.78 is 11.4. The lowest BCUT2D eigenvalue weighted by molar-refractivity contribution is -0.141. The van der Waals surface area contributed by atoms with Crippen molar-refractivity contribution in [3.63, 3.8) is 0 Å².